The van der Waals surface area contributed by atoms with Gasteiger partial charge in [-0.2, -0.15) is 0 Å². The summed E-state index contributed by atoms with van der Waals surface area (Å²) in [6.07, 6.45) is 1.47. The zero-order chi connectivity index (χ0) is 12.7. The lowest BCUT2D eigenvalue weighted by Crippen LogP contribution is -2.20. The minimum absolute atomic E-state index is 0.218. The van der Waals surface area contributed by atoms with E-state index in [-0.39, 0.29) is 11.3 Å². The van der Waals surface area contributed by atoms with Gasteiger partial charge in [-0.3, -0.25) is 5.41 Å². The fraction of sp³-hybridized carbons (Fsp3) is 0.0833. The predicted octanol–water partition coefficient (Wildman–Crippen LogP) is 1.58. The fourth-order valence-electron chi connectivity index (χ4n) is 1.88. The van der Waals surface area contributed by atoms with Gasteiger partial charge in [0.05, 0.1) is 11.9 Å². The van der Waals surface area contributed by atoms with E-state index in [9.17, 15) is 4.39 Å². The smallest absolute Gasteiger partial charge is 0.183 e. The number of H-pyrrole nitrogens is 1. The maximum absolute atomic E-state index is 13.8. The van der Waals surface area contributed by atoms with Crippen LogP contribution in [0.4, 0.5) is 4.39 Å². The molecule has 0 saturated heterocycles. The number of halogens is 1. The molecule has 2 aromatic heterocycles. The molecule has 2 N–H and O–H groups in total. The Morgan fingerprint density at radius 2 is 2.11 bits per heavy atom. The summed E-state index contributed by atoms with van der Waals surface area (Å²) < 4.78 is 15.3. The Morgan fingerprint density at radius 1 is 1.33 bits per heavy atom. The first-order valence-electron chi connectivity index (χ1n) is 5.38. The van der Waals surface area contributed by atoms with Crippen LogP contribution < -0.4 is 5.49 Å². The summed E-state index contributed by atoms with van der Waals surface area (Å²) in [5, 5.41) is 7.99. The first kappa shape index (κ1) is 10.6. The molecule has 2 heterocycles. The molecule has 0 aliphatic rings. The number of aromatic nitrogens is 4. The fourth-order valence-corrected chi connectivity index (χ4v) is 1.88. The molecule has 0 aliphatic carbocycles. The van der Waals surface area contributed by atoms with Gasteiger partial charge in [-0.1, -0.05) is 12.1 Å². The Hall–Kier alpha value is -2.50. The van der Waals surface area contributed by atoms with Crippen LogP contribution in [0.3, 0.4) is 0 Å². The van der Waals surface area contributed by atoms with Crippen molar-refractivity contribution >= 4 is 11.2 Å². The molecule has 0 saturated carbocycles. The van der Waals surface area contributed by atoms with Gasteiger partial charge in [0, 0.05) is 7.05 Å². The van der Waals surface area contributed by atoms with E-state index in [4.69, 9.17) is 5.41 Å². The molecule has 0 amide bonds. The summed E-state index contributed by atoms with van der Waals surface area (Å²) >= 11 is 0. The highest BCUT2D eigenvalue weighted by molar-refractivity contribution is 5.71. The lowest BCUT2D eigenvalue weighted by atomic mass is 10.2. The van der Waals surface area contributed by atoms with Gasteiger partial charge in [0.1, 0.15) is 17.2 Å². The van der Waals surface area contributed by atoms with Gasteiger partial charge in [-0.05, 0) is 12.1 Å². The normalized spacial score (nSPS) is 11.0. The van der Waals surface area contributed by atoms with Crippen LogP contribution in [0.1, 0.15) is 0 Å². The monoisotopic (exact) mass is 243 g/mol. The maximum atomic E-state index is 13.8. The minimum Gasteiger partial charge on any atom is -0.340 e. The molecule has 6 heteroatoms. The lowest BCUT2D eigenvalue weighted by Gasteiger charge is -2.08. The Labute approximate surface area is 101 Å². The van der Waals surface area contributed by atoms with E-state index in [1.165, 1.54) is 17.0 Å². The third kappa shape index (κ3) is 1.42. The van der Waals surface area contributed by atoms with Crippen molar-refractivity contribution < 1.29 is 4.39 Å². The zero-order valence-corrected chi connectivity index (χ0v) is 9.61. The molecule has 0 spiro atoms. The molecule has 0 fully saturated rings. The van der Waals surface area contributed by atoms with E-state index < -0.39 is 0 Å². The number of nitrogens with one attached hydrogen (secondary N) is 2. The van der Waals surface area contributed by atoms with Crippen molar-refractivity contribution in [1.29, 1.82) is 5.41 Å². The average molecular weight is 243 g/mol. The molecule has 0 unspecified atom stereocenters. The van der Waals surface area contributed by atoms with Crippen molar-refractivity contribution in [2.75, 3.05) is 0 Å². The summed E-state index contributed by atoms with van der Waals surface area (Å²) in [4.78, 5) is 11.1. The van der Waals surface area contributed by atoms with Crippen molar-refractivity contribution in [2.45, 2.75) is 0 Å². The Bertz CT molecular complexity index is 787. The standard InChI is InChI=1S/C12H10FN5/c1-18-10(14)9-11(16-6-15-9)17-12(18)7-4-2-3-5-8(7)13/h2-6,14H,1H3,(H,15,16). The lowest BCUT2D eigenvalue weighted by molar-refractivity contribution is 0.627. The van der Waals surface area contributed by atoms with Gasteiger partial charge < -0.3 is 9.55 Å². The van der Waals surface area contributed by atoms with Crippen LogP contribution in [0.15, 0.2) is 30.6 Å². The van der Waals surface area contributed by atoms with E-state index in [0.29, 0.717) is 22.6 Å². The number of hydrogen-bond donors (Lipinski definition) is 2. The number of nitrogens with zero attached hydrogens (tertiary/aromatic N) is 3. The molecule has 0 bridgehead atoms. The van der Waals surface area contributed by atoms with Crippen molar-refractivity contribution in [3.63, 3.8) is 0 Å². The molecule has 1 aromatic carbocycles. The van der Waals surface area contributed by atoms with Crippen molar-refractivity contribution in [3.8, 4) is 11.4 Å². The zero-order valence-electron chi connectivity index (χ0n) is 9.61. The third-order valence-electron chi connectivity index (χ3n) is 2.84. The van der Waals surface area contributed by atoms with Gasteiger partial charge in [0.15, 0.2) is 11.1 Å². The highest BCUT2D eigenvalue weighted by Crippen LogP contribution is 2.19. The summed E-state index contributed by atoms with van der Waals surface area (Å²) in [6, 6.07) is 6.36. The number of fused-ring (bicyclic) bond motifs is 1. The topological polar surface area (TPSA) is 70.3 Å². The highest BCUT2D eigenvalue weighted by Gasteiger charge is 2.12. The highest BCUT2D eigenvalue weighted by atomic mass is 19.1. The van der Waals surface area contributed by atoms with E-state index in [0.717, 1.165) is 0 Å². The number of aromatic amines is 1. The Kier molecular flexibility index (Phi) is 2.22. The van der Waals surface area contributed by atoms with Crippen LogP contribution in [-0.4, -0.2) is 19.5 Å². The van der Waals surface area contributed by atoms with Gasteiger partial charge >= 0.3 is 0 Å². The summed E-state index contributed by atoms with van der Waals surface area (Å²) in [5.74, 6) is 0.0209. The Morgan fingerprint density at radius 3 is 2.89 bits per heavy atom. The van der Waals surface area contributed by atoms with Crippen LogP contribution in [0.5, 0.6) is 0 Å². The molecule has 18 heavy (non-hydrogen) atoms. The maximum Gasteiger partial charge on any atom is 0.183 e. The van der Waals surface area contributed by atoms with Crippen molar-refractivity contribution in [2.24, 2.45) is 7.05 Å². The second-order valence-electron chi connectivity index (χ2n) is 3.92. The third-order valence-corrected chi connectivity index (χ3v) is 2.84. The molecular formula is C12H10FN5. The van der Waals surface area contributed by atoms with Gasteiger partial charge in [0.25, 0.3) is 0 Å². The number of rotatable bonds is 1. The predicted molar refractivity (Wildman–Crippen MR) is 64.1 cm³/mol. The van der Waals surface area contributed by atoms with E-state index >= 15 is 0 Å². The van der Waals surface area contributed by atoms with Crippen LogP contribution in [0.25, 0.3) is 22.6 Å². The van der Waals surface area contributed by atoms with Gasteiger partial charge in [-0.25, -0.2) is 14.4 Å². The molecular weight excluding hydrogens is 233 g/mol. The minimum atomic E-state index is -0.366. The quantitative estimate of drug-likeness (QED) is 0.681. The summed E-state index contributed by atoms with van der Waals surface area (Å²) in [5.41, 5.74) is 1.53. The molecule has 0 atom stereocenters. The largest absolute Gasteiger partial charge is 0.340 e. The number of hydrogen-bond acceptors (Lipinski definition) is 3. The molecule has 3 aromatic rings. The summed E-state index contributed by atoms with van der Waals surface area (Å²) in [7, 11) is 1.68. The number of benzene rings is 1. The van der Waals surface area contributed by atoms with Crippen LogP contribution in [0.2, 0.25) is 0 Å². The van der Waals surface area contributed by atoms with E-state index in [1.54, 1.807) is 25.2 Å². The SMILES string of the molecule is Cn1c(-c2ccccc2F)nc2nc[nH]c2c1=N. The molecule has 90 valence electrons. The second kappa shape index (κ2) is 3.76. The Balaban J connectivity index is 2.40. The average Bonchev–Trinajstić information content (AvgIpc) is 2.83. The van der Waals surface area contributed by atoms with Crippen molar-refractivity contribution in [1.82, 2.24) is 19.5 Å². The molecule has 3 rings (SSSR count). The van der Waals surface area contributed by atoms with E-state index in [2.05, 4.69) is 15.0 Å². The number of imidazole rings is 1. The van der Waals surface area contributed by atoms with Crippen LogP contribution >= 0.6 is 0 Å². The van der Waals surface area contributed by atoms with Gasteiger partial charge in [0.2, 0.25) is 0 Å². The van der Waals surface area contributed by atoms with Crippen LogP contribution in [0, 0.1) is 11.2 Å². The van der Waals surface area contributed by atoms with E-state index in [1.807, 2.05) is 0 Å². The molecule has 0 radical (unpaired) electrons. The molecule has 0 aliphatic heterocycles. The van der Waals surface area contributed by atoms with Crippen molar-refractivity contribution in [3.05, 3.63) is 41.9 Å². The van der Waals surface area contributed by atoms with Gasteiger partial charge in [-0.15, -0.1) is 0 Å². The molecule has 5 nitrogen and oxygen atoms in total. The second-order valence-corrected chi connectivity index (χ2v) is 3.92. The summed E-state index contributed by atoms with van der Waals surface area (Å²) in [6.45, 7) is 0. The van der Waals surface area contributed by atoms with Crippen LogP contribution in [-0.2, 0) is 7.05 Å². The first-order chi connectivity index (χ1) is 8.68. The first-order valence-corrected chi connectivity index (χ1v) is 5.38.